The van der Waals surface area contributed by atoms with Gasteiger partial charge in [-0.3, -0.25) is 14.2 Å². The lowest BCUT2D eigenvalue weighted by molar-refractivity contribution is -0.123. The molecule has 2 rings (SSSR count). The number of nitrogens with one attached hydrogen (secondary N) is 2. The number of likely N-dealkylation sites (N-methyl/N-ethyl adjacent to an activating group) is 1. The summed E-state index contributed by atoms with van der Waals surface area (Å²) in [6.45, 7) is 3.94. The Hall–Kier alpha value is -2.15. The van der Waals surface area contributed by atoms with Crippen LogP contribution < -0.4 is 10.6 Å². The van der Waals surface area contributed by atoms with E-state index in [2.05, 4.69) is 20.8 Å². The largest absolute Gasteiger partial charge is 0.348 e. The molecule has 2 atom stereocenters. The molecule has 0 radical (unpaired) electrons. The Morgan fingerprint density at radius 2 is 2.00 bits per heavy atom. The molecule has 2 N–H and O–H groups in total. The maximum Gasteiger partial charge on any atom is 0.242 e. The Morgan fingerprint density at radius 1 is 1.29 bits per heavy atom. The number of carbonyl (C=O) groups excluding carboxylic acids is 1. The summed E-state index contributed by atoms with van der Waals surface area (Å²) in [5.41, 5.74) is 2.91. The molecule has 0 spiro atoms. The van der Waals surface area contributed by atoms with Crippen molar-refractivity contribution in [2.75, 3.05) is 7.05 Å². The Morgan fingerprint density at radius 3 is 2.48 bits per heavy atom. The predicted molar refractivity (Wildman–Crippen MR) is 79.5 cm³/mol. The molecular weight excluding hydrogens is 268 g/mol. The van der Waals surface area contributed by atoms with Crippen LogP contribution in [0.3, 0.4) is 0 Å². The van der Waals surface area contributed by atoms with Gasteiger partial charge in [0.25, 0.3) is 0 Å². The number of amides is 1. The van der Waals surface area contributed by atoms with Gasteiger partial charge in [0.1, 0.15) is 6.04 Å². The smallest absolute Gasteiger partial charge is 0.242 e. The van der Waals surface area contributed by atoms with Gasteiger partial charge in [-0.1, -0.05) is 0 Å². The van der Waals surface area contributed by atoms with E-state index < -0.39 is 6.04 Å². The molecule has 2 heterocycles. The molecule has 114 valence electrons. The van der Waals surface area contributed by atoms with Crippen LogP contribution in [0.2, 0.25) is 0 Å². The van der Waals surface area contributed by atoms with Gasteiger partial charge in [0.2, 0.25) is 5.91 Å². The van der Waals surface area contributed by atoms with Gasteiger partial charge in [-0.25, -0.2) is 0 Å². The van der Waals surface area contributed by atoms with Crippen LogP contribution in [0.15, 0.2) is 18.6 Å². The van der Waals surface area contributed by atoms with Crippen molar-refractivity contribution in [3.05, 3.63) is 35.4 Å². The number of hydrogen-bond donors (Lipinski definition) is 2. The highest BCUT2D eigenvalue weighted by Gasteiger charge is 2.23. The molecule has 2 unspecified atom stereocenters. The van der Waals surface area contributed by atoms with Gasteiger partial charge in [0, 0.05) is 37.1 Å². The van der Waals surface area contributed by atoms with Crippen molar-refractivity contribution in [1.29, 1.82) is 0 Å². The second-order valence-corrected chi connectivity index (χ2v) is 5.21. The van der Waals surface area contributed by atoms with E-state index in [1.807, 2.05) is 34.1 Å². The molecule has 1 amide bonds. The van der Waals surface area contributed by atoms with Crippen LogP contribution in [0, 0.1) is 6.92 Å². The minimum atomic E-state index is -0.418. The molecule has 21 heavy (non-hydrogen) atoms. The summed E-state index contributed by atoms with van der Waals surface area (Å²) in [6, 6.07) is -0.517. The summed E-state index contributed by atoms with van der Waals surface area (Å²) < 4.78 is 3.48. The van der Waals surface area contributed by atoms with E-state index in [0.29, 0.717) is 0 Å². The average Bonchev–Trinajstić information content (AvgIpc) is 2.98. The number of aryl methyl sites for hydroxylation is 2. The molecular formula is C14H22N6O. The highest BCUT2D eigenvalue weighted by atomic mass is 16.2. The van der Waals surface area contributed by atoms with Gasteiger partial charge in [0.05, 0.1) is 18.4 Å². The van der Waals surface area contributed by atoms with Crippen molar-refractivity contribution in [3.63, 3.8) is 0 Å². The molecule has 7 heteroatoms. The molecule has 0 saturated heterocycles. The van der Waals surface area contributed by atoms with Gasteiger partial charge >= 0.3 is 0 Å². The molecule has 7 nitrogen and oxygen atoms in total. The van der Waals surface area contributed by atoms with Gasteiger partial charge in [-0.05, 0) is 20.9 Å². The number of hydrogen-bond acceptors (Lipinski definition) is 4. The van der Waals surface area contributed by atoms with Crippen LogP contribution in [0.25, 0.3) is 0 Å². The second kappa shape index (κ2) is 6.09. The zero-order chi connectivity index (χ0) is 15.6. The number of carbonyl (C=O) groups is 1. The molecule has 0 saturated carbocycles. The molecule has 2 aromatic heterocycles. The van der Waals surface area contributed by atoms with Crippen molar-refractivity contribution in [2.24, 2.45) is 14.1 Å². The molecule has 0 aliphatic rings. The van der Waals surface area contributed by atoms with E-state index >= 15 is 0 Å². The summed E-state index contributed by atoms with van der Waals surface area (Å²) in [6.07, 6.45) is 5.32. The average molecular weight is 290 g/mol. The Kier molecular flexibility index (Phi) is 4.42. The minimum absolute atomic E-state index is 0.0822. The van der Waals surface area contributed by atoms with Crippen LogP contribution in [-0.4, -0.2) is 32.5 Å². The third-order valence-corrected chi connectivity index (χ3v) is 3.71. The van der Waals surface area contributed by atoms with E-state index in [-0.39, 0.29) is 11.9 Å². The van der Waals surface area contributed by atoms with E-state index in [9.17, 15) is 4.79 Å². The predicted octanol–water partition coefficient (Wildman–Crippen LogP) is 0.600. The van der Waals surface area contributed by atoms with Crippen LogP contribution in [-0.2, 0) is 18.9 Å². The fourth-order valence-electron chi connectivity index (χ4n) is 2.35. The zero-order valence-electron chi connectivity index (χ0n) is 13.1. The van der Waals surface area contributed by atoms with Gasteiger partial charge in [-0.15, -0.1) is 0 Å². The maximum absolute atomic E-state index is 12.4. The number of nitrogens with zero attached hydrogens (tertiary/aromatic N) is 4. The first-order chi connectivity index (χ1) is 9.93. The van der Waals surface area contributed by atoms with Gasteiger partial charge < -0.3 is 10.6 Å². The summed E-state index contributed by atoms with van der Waals surface area (Å²) in [4.78, 5) is 12.4. The minimum Gasteiger partial charge on any atom is -0.348 e. The number of aromatic nitrogens is 4. The Bertz CT molecular complexity index is 629. The SMILES string of the molecule is CNC(C(=O)NC(C)c1cnn(C)c1C)c1cnn(C)c1. The van der Waals surface area contributed by atoms with Crippen LogP contribution in [0.1, 0.15) is 35.8 Å². The highest BCUT2D eigenvalue weighted by molar-refractivity contribution is 5.83. The third kappa shape index (κ3) is 3.13. The molecule has 0 bridgehead atoms. The van der Waals surface area contributed by atoms with E-state index in [1.54, 1.807) is 28.8 Å². The highest BCUT2D eigenvalue weighted by Crippen LogP contribution is 2.18. The number of rotatable bonds is 5. The van der Waals surface area contributed by atoms with E-state index in [4.69, 9.17) is 0 Å². The first-order valence-corrected chi connectivity index (χ1v) is 6.88. The van der Waals surface area contributed by atoms with Crippen molar-refractivity contribution in [3.8, 4) is 0 Å². The topological polar surface area (TPSA) is 76.8 Å². The molecule has 2 aromatic rings. The van der Waals surface area contributed by atoms with Gasteiger partial charge in [0.15, 0.2) is 0 Å². The maximum atomic E-state index is 12.4. The monoisotopic (exact) mass is 290 g/mol. The Balaban J connectivity index is 2.11. The molecule has 0 aliphatic heterocycles. The summed E-state index contributed by atoms with van der Waals surface area (Å²) in [5.74, 6) is -0.0822. The van der Waals surface area contributed by atoms with Crippen molar-refractivity contribution >= 4 is 5.91 Å². The summed E-state index contributed by atoms with van der Waals surface area (Å²) >= 11 is 0. The Labute approximate surface area is 124 Å². The van der Waals surface area contributed by atoms with Crippen molar-refractivity contribution in [1.82, 2.24) is 30.2 Å². The van der Waals surface area contributed by atoms with Gasteiger partial charge in [-0.2, -0.15) is 10.2 Å². The molecule has 0 fully saturated rings. The van der Waals surface area contributed by atoms with Crippen molar-refractivity contribution < 1.29 is 4.79 Å². The van der Waals surface area contributed by atoms with Crippen LogP contribution >= 0.6 is 0 Å². The van der Waals surface area contributed by atoms with Crippen LogP contribution in [0.4, 0.5) is 0 Å². The first kappa shape index (κ1) is 15.2. The third-order valence-electron chi connectivity index (χ3n) is 3.71. The van der Waals surface area contributed by atoms with Crippen LogP contribution in [0.5, 0.6) is 0 Å². The fourth-order valence-corrected chi connectivity index (χ4v) is 2.35. The first-order valence-electron chi connectivity index (χ1n) is 6.88. The lowest BCUT2D eigenvalue weighted by atomic mass is 10.1. The summed E-state index contributed by atoms with van der Waals surface area (Å²) in [7, 11) is 5.48. The zero-order valence-corrected chi connectivity index (χ0v) is 13.1. The standard InChI is InChI=1S/C14H22N6O/c1-9(12-7-17-20(5)10(12)2)18-14(21)13(15-3)11-6-16-19(4)8-11/h6-9,13,15H,1-5H3,(H,18,21). The lowest BCUT2D eigenvalue weighted by Gasteiger charge is -2.19. The lowest BCUT2D eigenvalue weighted by Crippen LogP contribution is -2.37. The quantitative estimate of drug-likeness (QED) is 0.845. The molecule has 0 aromatic carbocycles. The second-order valence-electron chi connectivity index (χ2n) is 5.21. The normalized spacial score (nSPS) is 14.0. The van der Waals surface area contributed by atoms with Crippen molar-refractivity contribution in [2.45, 2.75) is 25.9 Å². The van der Waals surface area contributed by atoms with E-state index in [0.717, 1.165) is 16.8 Å². The molecule has 0 aliphatic carbocycles. The fraction of sp³-hybridized carbons (Fsp3) is 0.500. The van der Waals surface area contributed by atoms with E-state index in [1.165, 1.54) is 0 Å². The summed E-state index contributed by atoms with van der Waals surface area (Å²) in [5, 5.41) is 14.4.